The minimum atomic E-state index is -1.01. The summed E-state index contributed by atoms with van der Waals surface area (Å²) in [5.74, 6) is -1.21. The molecule has 6 heteroatoms. The molecular formula is C12H17N3O3. The molecule has 0 aliphatic heterocycles. The SMILES string of the molecule is CCn1cncc1C(C(=O)O)N(C(C)=O)C1CC1. The van der Waals surface area contributed by atoms with Gasteiger partial charge in [-0.1, -0.05) is 0 Å². The molecule has 1 amide bonds. The molecule has 1 aliphatic rings. The summed E-state index contributed by atoms with van der Waals surface area (Å²) in [6, 6.07) is -0.874. The van der Waals surface area contributed by atoms with Crippen LogP contribution in [-0.2, 0) is 16.1 Å². The van der Waals surface area contributed by atoms with Gasteiger partial charge < -0.3 is 14.6 Å². The number of hydrogen-bond acceptors (Lipinski definition) is 3. The molecule has 0 saturated heterocycles. The highest BCUT2D eigenvalue weighted by Gasteiger charge is 2.41. The summed E-state index contributed by atoms with van der Waals surface area (Å²) in [5, 5.41) is 9.43. The van der Waals surface area contributed by atoms with Gasteiger partial charge in [-0.3, -0.25) is 4.79 Å². The van der Waals surface area contributed by atoms with Crippen LogP contribution in [0.4, 0.5) is 0 Å². The van der Waals surface area contributed by atoms with Gasteiger partial charge in [0.1, 0.15) is 0 Å². The highest BCUT2D eigenvalue weighted by molar-refractivity contribution is 5.83. The summed E-state index contributed by atoms with van der Waals surface area (Å²) in [6.45, 7) is 3.97. The Hall–Kier alpha value is -1.85. The molecule has 0 bridgehead atoms. The second-order valence-corrected chi connectivity index (χ2v) is 4.50. The Morgan fingerprint density at radius 2 is 2.28 bits per heavy atom. The summed E-state index contributed by atoms with van der Waals surface area (Å²) in [6.07, 6.45) is 4.88. The number of carboxylic acids is 1. The van der Waals surface area contributed by atoms with Crippen molar-refractivity contribution >= 4 is 11.9 Å². The van der Waals surface area contributed by atoms with Gasteiger partial charge in [-0.2, -0.15) is 0 Å². The average Bonchev–Trinajstić information content (AvgIpc) is 3.02. The normalized spacial score (nSPS) is 16.3. The van der Waals surface area contributed by atoms with Crippen LogP contribution in [0.25, 0.3) is 0 Å². The second kappa shape index (κ2) is 4.80. The van der Waals surface area contributed by atoms with Gasteiger partial charge in [0.05, 0.1) is 18.2 Å². The number of aromatic nitrogens is 2. The van der Waals surface area contributed by atoms with Crippen molar-refractivity contribution in [2.45, 2.75) is 45.3 Å². The summed E-state index contributed by atoms with van der Waals surface area (Å²) < 4.78 is 1.76. The van der Waals surface area contributed by atoms with Gasteiger partial charge in [0.15, 0.2) is 6.04 Å². The Balaban J connectivity index is 2.38. The van der Waals surface area contributed by atoms with Crippen molar-refractivity contribution in [3.63, 3.8) is 0 Å². The molecule has 2 rings (SSSR count). The van der Waals surface area contributed by atoms with Gasteiger partial charge in [0.2, 0.25) is 5.91 Å². The maximum absolute atomic E-state index is 11.7. The Bertz CT molecular complexity index is 465. The van der Waals surface area contributed by atoms with E-state index in [-0.39, 0.29) is 11.9 Å². The van der Waals surface area contributed by atoms with Crippen LogP contribution in [0, 0.1) is 0 Å². The van der Waals surface area contributed by atoms with Crippen LogP contribution in [-0.4, -0.2) is 37.5 Å². The van der Waals surface area contributed by atoms with Crippen LogP contribution >= 0.6 is 0 Å². The van der Waals surface area contributed by atoms with E-state index in [0.717, 1.165) is 12.8 Å². The number of hydrogen-bond donors (Lipinski definition) is 1. The van der Waals surface area contributed by atoms with Gasteiger partial charge in [0, 0.05) is 19.5 Å². The smallest absolute Gasteiger partial charge is 0.332 e. The third-order valence-electron chi connectivity index (χ3n) is 3.18. The average molecular weight is 251 g/mol. The van der Waals surface area contributed by atoms with E-state index in [1.807, 2.05) is 6.92 Å². The van der Waals surface area contributed by atoms with Crippen molar-refractivity contribution in [1.82, 2.24) is 14.5 Å². The first kappa shape index (κ1) is 12.6. The zero-order chi connectivity index (χ0) is 13.3. The molecule has 1 aromatic rings. The number of aryl methyl sites for hydroxylation is 1. The third-order valence-corrected chi connectivity index (χ3v) is 3.18. The first-order valence-corrected chi connectivity index (χ1v) is 6.08. The van der Waals surface area contributed by atoms with Gasteiger partial charge in [-0.05, 0) is 19.8 Å². The topological polar surface area (TPSA) is 75.4 Å². The van der Waals surface area contributed by atoms with Gasteiger partial charge >= 0.3 is 5.97 Å². The van der Waals surface area contributed by atoms with Crippen molar-refractivity contribution in [3.8, 4) is 0 Å². The fourth-order valence-electron chi connectivity index (χ4n) is 2.21. The van der Waals surface area contributed by atoms with E-state index in [1.54, 1.807) is 10.9 Å². The minimum absolute atomic E-state index is 0.0591. The van der Waals surface area contributed by atoms with Crippen LogP contribution in [0.5, 0.6) is 0 Å². The predicted octanol–water partition coefficient (Wildman–Crippen LogP) is 1.04. The number of nitrogens with zero attached hydrogens (tertiary/aromatic N) is 3. The molecule has 18 heavy (non-hydrogen) atoms. The van der Waals surface area contributed by atoms with Crippen LogP contribution in [0.15, 0.2) is 12.5 Å². The Kier molecular flexibility index (Phi) is 3.36. The fraction of sp³-hybridized carbons (Fsp3) is 0.583. The quantitative estimate of drug-likeness (QED) is 0.848. The Morgan fingerprint density at radius 3 is 2.72 bits per heavy atom. The molecule has 0 spiro atoms. The number of imidazole rings is 1. The van der Waals surface area contributed by atoms with Gasteiger partial charge in [-0.15, -0.1) is 0 Å². The second-order valence-electron chi connectivity index (χ2n) is 4.50. The highest BCUT2D eigenvalue weighted by Crippen LogP contribution is 2.34. The monoisotopic (exact) mass is 251 g/mol. The molecule has 0 radical (unpaired) electrons. The summed E-state index contributed by atoms with van der Waals surface area (Å²) in [5.41, 5.74) is 0.562. The molecule has 1 aromatic heterocycles. The summed E-state index contributed by atoms with van der Waals surface area (Å²) in [7, 11) is 0. The number of carboxylic acid groups (broad SMARTS) is 1. The lowest BCUT2D eigenvalue weighted by Gasteiger charge is -2.28. The van der Waals surface area contributed by atoms with Crippen molar-refractivity contribution in [2.24, 2.45) is 0 Å². The molecule has 1 unspecified atom stereocenters. The van der Waals surface area contributed by atoms with Gasteiger partial charge in [0.25, 0.3) is 0 Å². The number of carbonyl (C=O) groups excluding carboxylic acids is 1. The largest absolute Gasteiger partial charge is 0.479 e. The standard InChI is InChI=1S/C12H17N3O3/c1-3-14-7-13-6-10(14)11(12(17)18)15(8(2)16)9-4-5-9/h6-7,9,11H,3-5H2,1-2H3,(H,17,18). The number of amides is 1. The van der Waals surface area contributed by atoms with Crippen molar-refractivity contribution in [1.29, 1.82) is 0 Å². The minimum Gasteiger partial charge on any atom is -0.479 e. The van der Waals surface area contributed by atoms with Crippen LogP contribution in [0.2, 0.25) is 0 Å². The molecule has 98 valence electrons. The molecule has 1 fully saturated rings. The summed E-state index contributed by atoms with van der Waals surface area (Å²) >= 11 is 0. The predicted molar refractivity (Wildman–Crippen MR) is 63.8 cm³/mol. The summed E-state index contributed by atoms with van der Waals surface area (Å²) in [4.78, 5) is 28.7. The molecule has 1 heterocycles. The van der Waals surface area contributed by atoms with E-state index in [2.05, 4.69) is 4.98 Å². The first-order chi connectivity index (χ1) is 8.56. The lowest BCUT2D eigenvalue weighted by molar-refractivity contribution is -0.150. The molecule has 0 aromatic carbocycles. The van der Waals surface area contributed by atoms with E-state index in [0.29, 0.717) is 12.2 Å². The maximum Gasteiger partial charge on any atom is 0.332 e. The van der Waals surface area contributed by atoms with Crippen LogP contribution < -0.4 is 0 Å². The van der Waals surface area contributed by atoms with Crippen molar-refractivity contribution < 1.29 is 14.7 Å². The Morgan fingerprint density at radius 1 is 1.61 bits per heavy atom. The van der Waals surface area contributed by atoms with E-state index in [4.69, 9.17) is 0 Å². The third kappa shape index (κ3) is 2.23. The van der Waals surface area contributed by atoms with E-state index in [1.165, 1.54) is 18.0 Å². The molecule has 1 aliphatic carbocycles. The van der Waals surface area contributed by atoms with E-state index < -0.39 is 12.0 Å². The zero-order valence-corrected chi connectivity index (χ0v) is 10.5. The van der Waals surface area contributed by atoms with Gasteiger partial charge in [-0.25, -0.2) is 9.78 Å². The Labute approximate surface area is 105 Å². The van der Waals surface area contributed by atoms with Crippen molar-refractivity contribution in [2.75, 3.05) is 0 Å². The number of carbonyl (C=O) groups is 2. The lowest BCUT2D eigenvalue weighted by Crippen LogP contribution is -2.40. The fourth-order valence-corrected chi connectivity index (χ4v) is 2.21. The maximum atomic E-state index is 11.7. The molecule has 1 saturated carbocycles. The van der Waals surface area contributed by atoms with Crippen molar-refractivity contribution in [3.05, 3.63) is 18.2 Å². The molecule has 1 N–H and O–H groups in total. The highest BCUT2D eigenvalue weighted by atomic mass is 16.4. The first-order valence-electron chi connectivity index (χ1n) is 6.08. The van der Waals surface area contributed by atoms with E-state index >= 15 is 0 Å². The van der Waals surface area contributed by atoms with Crippen LogP contribution in [0.1, 0.15) is 38.4 Å². The number of aliphatic carboxylic acids is 1. The molecule has 1 atom stereocenters. The van der Waals surface area contributed by atoms with E-state index in [9.17, 15) is 14.7 Å². The number of rotatable bonds is 5. The molecular weight excluding hydrogens is 234 g/mol. The zero-order valence-electron chi connectivity index (χ0n) is 10.5. The molecule has 6 nitrogen and oxygen atoms in total. The lowest BCUT2D eigenvalue weighted by atomic mass is 10.1. The van der Waals surface area contributed by atoms with Crippen LogP contribution in [0.3, 0.4) is 0 Å².